The van der Waals surface area contributed by atoms with Crippen LogP contribution in [0.1, 0.15) is 37.6 Å². The van der Waals surface area contributed by atoms with E-state index >= 15 is 0 Å². The summed E-state index contributed by atoms with van der Waals surface area (Å²) in [4.78, 5) is 23.7. The first-order valence-electron chi connectivity index (χ1n) is 6.26. The lowest BCUT2D eigenvalue weighted by molar-refractivity contribution is -0.137. The van der Waals surface area contributed by atoms with Crippen LogP contribution in [-0.4, -0.2) is 23.0 Å². The molecule has 0 radical (unpaired) electrons. The Balaban J connectivity index is 2.73. The predicted octanol–water partition coefficient (Wildman–Crippen LogP) is 1.75. The molecule has 1 aromatic rings. The molecule has 0 saturated carbocycles. The van der Waals surface area contributed by atoms with Crippen molar-refractivity contribution in [3.05, 3.63) is 22.4 Å². The lowest BCUT2D eigenvalue weighted by atomic mass is 9.99. The lowest BCUT2D eigenvalue weighted by Crippen LogP contribution is -2.46. The van der Waals surface area contributed by atoms with E-state index in [0.29, 0.717) is 0 Å². The van der Waals surface area contributed by atoms with E-state index in [1.807, 2.05) is 31.4 Å². The van der Waals surface area contributed by atoms with Crippen LogP contribution in [0.25, 0.3) is 0 Å². The molecular weight excluding hydrogens is 264 g/mol. The van der Waals surface area contributed by atoms with Crippen molar-refractivity contribution in [3.63, 3.8) is 0 Å². The van der Waals surface area contributed by atoms with Crippen molar-refractivity contribution in [2.24, 2.45) is 11.7 Å². The molecule has 1 heterocycles. The summed E-state index contributed by atoms with van der Waals surface area (Å²) in [5, 5.41) is 13.5. The number of hydrogen-bond acceptors (Lipinski definition) is 4. The minimum atomic E-state index is -0.948. The molecule has 0 spiro atoms. The van der Waals surface area contributed by atoms with Gasteiger partial charge in [-0.15, -0.1) is 11.3 Å². The van der Waals surface area contributed by atoms with Crippen LogP contribution in [0, 0.1) is 5.92 Å². The molecule has 3 atom stereocenters. The van der Waals surface area contributed by atoms with Crippen LogP contribution in [-0.2, 0) is 9.59 Å². The summed E-state index contributed by atoms with van der Waals surface area (Å²) in [6.45, 7) is 3.87. The molecule has 4 N–H and O–H groups in total. The van der Waals surface area contributed by atoms with Gasteiger partial charge in [-0.1, -0.05) is 26.3 Å². The maximum atomic E-state index is 12.0. The molecule has 1 amide bonds. The molecule has 0 fully saturated rings. The molecule has 19 heavy (non-hydrogen) atoms. The van der Waals surface area contributed by atoms with Crippen molar-refractivity contribution in [3.8, 4) is 0 Å². The fourth-order valence-electron chi connectivity index (χ4n) is 1.67. The molecule has 0 aliphatic heterocycles. The van der Waals surface area contributed by atoms with Crippen molar-refractivity contribution in [2.45, 2.75) is 38.8 Å². The largest absolute Gasteiger partial charge is 0.481 e. The first-order valence-corrected chi connectivity index (χ1v) is 7.14. The van der Waals surface area contributed by atoms with Crippen LogP contribution in [0.3, 0.4) is 0 Å². The van der Waals surface area contributed by atoms with Crippen molar-refractivity contribution in [1.82, 2.24) is 5.32 Å². The van der Waals surface area contributed by atoms with Gasteiger partial charge in [-0.3, -0.25) is 9.59 Å². The van der Waals surface area contributed by atoms with Crippen molar-refractivity contribution in [1.29, 1.82) is 0 Å². The third kappa shape index (κ3) is 4.65. The molecule has 0 aliphatic carbocycles. The SMILES string of the molecule is CC[C@H](C)[C@H](N)C(=O)NC(CC(=O)O)c1cccs1. The van der Waals surface area contributed by atoms with Crippen LogP contribution in [0.2, 0.25) is 0 Å². The summed E-state index contributed by atoms with van der Waals surface area (Å²) in [6, 6.07) is 2.52. The summed E-state index contributed by atoms with van der Waals surface area (Å²) in [6.07, 6.45) is 0.663. The minimum Gasteiger partial charge on any atom is -0.481 e. The lowest BCUT2D eigenvalue weighted by Gasteiger charge is -2.22. The monoisotopic (exact) mass is 284 g/mol. The molecule has 6 heteroatoms. The zero-order valence-corrected chi connectivity index (χ0v) is 11.9. The number of nitrogens with two attached hydrogens (primary N) is 1. The van der Waals surface area contributed by atoms with Crippen LogP contribution < -0.4 is 11.1 Å². The number of carbonyl (C=O) groups excluding carboxylic acids is 1. The highest BCUT2D eigenvalue weighted by Gasteiger charge is 2.24. The van der Waals surface area contributed by atoms with Crippen molar-refractivity contribution >= 4 is 23.2 Å². The van der Waals surface area contributed by atoms with Gasteiger partial charge in [-0.25, -0.2) is 0 Å². The molecule has 0 bridgehead atoms. The third-order valence-corrected chi connectivity index (χ3v) is 4.13. The van der Waals surface area contributed by atoms with Gasteiger partial charge in [0.2, 0.25) is 5.91 Å². The summed E-state index contributed by atoms with van der Waals surface area (Å²) in [7, 11) is 0. The summed E-state index contributed by atoms with van der Waals surface area (Å²) < 4.78 is 0. The minimum absolute atomic E-state index is 0.0637. The molecule has 1 aromatic heterocycles. The van der Waals surface area contributed by atoms with E-state index in [1.54, 1.807) is 0 Å². The number of nitrogens with one attached hydrogen (secondary N) is 1. The second-order valence-corrected chi connectivity index (χ2v) is 5.57. The van der Waals surface area contributed by atoms with E-state index in [-0.39, 0.29) is 18.2 Å². The Morgan fingerprint density at radius 3 is 2.68 bits per heavy atom. The van der Waals surface area contributed by atoms with Crippen molar-refractivity contribution in [2.75, 3.05) is 0 Å². The van der Waals surface area contributed by atoms with Gasteiger partial charge < -0.3 is 16.2 Å². The first kappa shape index (κ1) is 15.7. The number of carbonyl (C=O) groups is 2. The number of amides is 1. The highest BCUT2D eigenvalue weighted by Crippen LogP contribution is 2.22. The number of carboxylic acid groups (broad SMARTS) is 1. The Bertz CT molecular complexity index is 420. The van der Waals surface area contributed by atoms with Crippen LogP contribution >= 0.6 is 11.3 Å². The summed E-state index contributed by atoms with van der Waals surface area (Å²) in [5.41, 5.74) is 5.85. The third-order valence-electron chi connectivity index (χ3n) is 3.14. The molecule has 1 rings (SSSR count). The zero-order valence-electron chi connectivity index (χ0n) is 11.1. The van der Waals surface area contributed by atoms with Crippen LogP contribution in [0.15, 0.2) is 17.5 Å². The van der Waals surface area contributed by atoms with Gasteiger partial charge in [0.05, 0.1) is 18.5 Å². The van der Waals surface area contributed by atoms with Gasteiger partial charge in [0, 0.05) is 4.88 Å². The van der Waals surface area contributed by atoms with Gasteiger partial charge in [0.15, 0.2) is 0 Å². The quantitative estimate of drug-likeness (QED) is 0.711. The van der Waals surface area contributed by atoms with E-state index in [2.05, 4.69) is 5.32 Å². The van der Waals surface area contributed by atoms with Gasteiger partial charge in [0.25, 0.3) is 0 Å². The number of aliphatic carboxylic acids is 1. The fraction of sp³-hybridized carbons (Fsp3) is 0.538. The average molecular weight is 284 g/mol. The van der Waals surface area contributed by atoms with Crippen molar-refractivity contribution < 1.29 is 14.7 Å². The highest BCUT2D eigenvalue weighted by atomic mass is 32.1. The highest BCUT2D eigenvalue weighted by molar-refractivity contribution is 7.10. The fourth-order valence-corrected chi connectivity index (χ4v) is 2.45. The van der Waals surface area contributed by atoms with E-state index in [9.17, 15) is 9.59 Å². The Morgan fingerprint density at radius 1 is 1.53 bits per heavy atom. The number of thiophene rings is 1. The number of carboxylic acids is 1. The second kappa shape index (κ2) is 7.25. The molecule has 0 aromatic carbocycles. The van der Waals surface area contributed by atoms with Crippen LogP contribution in [0.5, 0.6) is 0 Å². The Hall–Kier alpha value is -1.40. The van der Waals surface area contributed by atoms with Gasteiger partial charge in [0.1, 0.15) is 0 Å². The standard InChI is InChI=1S/C13H20N2O3S/c1-3-8(2)12(14)13(18)15-9(7-11(16)17)10-5-4-6-19-10/h4-6,8-9,12H,3,7,14H2,1-2H3,(H,15,18)(H,16,17)/t8-,9?,12-/m0/s1. The van der Waals surface area contributed by atoms with Gasteiger partial charge in [-0.2, -0.15) is 0 Å². The maximum Gasteiger partial charge on any atom is 0.305 e. The molecule has 0 saturated heterocycles. The molecule has 106 valence electrons. The first-order chi connectivity index (χ1) is 8.95. The topological polar surface area (TPSA) is 92.4 Å². The Kier molecular flexibility index (Phi) is 5.98. The molecule has 1 unspecified atom stereocenters. The average Bonchev–Trinajstić information content (AvgIpc) is 2.89. The molecule has 5 nitrogen and oxygen atoms in total. The summed E-state index contributed by atoms with van der Waals surface area (Å²) in [5.74, 6) is -1.18. The Morgan fingerprint density at radius 2 is 2.21 bits per heavy atom. The molecular formula is C13H20N2O3S. The maximum absolute atomic E-state index is 12.0. The van der Waals surface area contributed by atoms with E-state index in [1.165, 1.54) is 11.3 Å². The Labute approximate surface area is 116 Å². The smallest absolute Gasteiger partial charge is 0.305 e. The summed E-state index contributed by atoms with van der Waals surface area (Å²) >= 11 is 1.42. The number of rotatable bonds is 7. The van der Waals surface area contributed by atoms with E-state index in [4.69, 9.17) is 10.8 Å². The predicted molar refractivity (Wildman–Crippen MR) is 74.9 cm³/mol. The van der Waals surface area contributed by atoms with Gasteiger partial charge >= 0.3 is 5.97 Å². The second-order valence-electron chi connectivity index (χ2n) is 4.59. The molecule has 0 aliphatic rings. The zero-order chi connectivity index (χ0) is 14.4. The normalized spacial score (nSPS) is 15.5. The van der Waals surface area contributed by atoms with E-state index in [0.717, 1.165) is 11.3 Å². The number of hydrogen-bond donors (Lipinski definition) is 3. The van der Waals surface area contributed by atoms with E-state index < -0.39 is 18.1 Å². The van der Waals surface area contributed by atoms with Crippen LogP contribution in [0.4, 0.5) is 0 Å². The van der Waals surface area contributed by atoms with Gasteiger partial charge in [-0.05, 0) is 17.4 Å².